The molecule has 0 radical (unpaired) electrons. The van der Waals surface area contributed by atoms with E-state index < -0.39 is 0 Å². The fourth-order valence-electron chi connectivity index (χ4n) is 2.67. The fraction of sp³-hybridized carbons (Fsp3) is 0.533. The van der Waals surface area contributed by atoms with Gasteiger partial charge in [-0.1, -0.05) is 6.07 Å². The maximum absolute atomic E-state index is 5.47. The molecule has 0 spiro atoms. The highest BCUT2D eigenvalue weighted by Crippen LogP contribution is 2.25. The molecular formula is C15H22N4OS. The summed E-state index contributed by atoms with van der Waals surface area (Å²) in [5.74, 6) is 1.07. The highest BCUT2D eigenvalue weighted by molar-refractivity contribution is 7.10. The van der Waals surface area contributed by atoms with Crippen molar-refractivity contribution in [3.8, 4) is 0 Å². The molecule has 0 saturated carbocycles. The number of rotatable bonds is 6. The molecule has 3 rings (SSSR count). The zero-order valence-corrected chi connectivity index (χ0v) is 13.2. The van der Waals surface area contributed by atoms with Crippen LogP contribution < -0.4 is 5.32 Å². The molecule has 2 aromatic heterocycles. The number of imidazole rings is 1. The molecule has 21 heavy (non-hydrogen) atoms. The van der Waals surface area contributed by atoms with Crippen LogP contribution in [0.1, 0.15) is 16.7 Å². The molecule has 1 atom stereocenters. The smallest absolute Gasteiger partial charge is 0.122 e. The van der Waals surface area contributed by atoms with Gasteiger partial charge in [0.05, 0.1) is 25.8 Å². The van der Waals surface area contributed by atoms with E-state index in [9.17, 15) is 0 Å². The van der Waals surface area contributed by atoms with Crippen molar-refractivity contribution in [2.45, 2.75) is 12.6 Å². The molecule has 1 aliphatic rings. The molecule has 0 aromatic carbocycles. The summed E-state index contributed by atoms with van der Waals surface area (Å²) in [6, 6.07) is 4.79. The van der Waals surface area contributed by atoms with Crippen molar-refractivity contribution in [3.63, 3.8) is 0 Å². The van der Waals surface area contributed by atoms with E-state index in [0.717, 1.165) is 45.2 Å². The van der Waals surface area contributed by atoms with Gasteiger partial charge in [0.15, 0.2) is 0 Å². The summed E-state index contributed by atoms with van der Waals surface area (Å²) >= 11 is 1.83. The van der Waals surface area contributed by atoms with Crippen molar-refractivity contribution in [2.75, 3.05) is 32.8 Å². The van der Waals surface area contributed by atoms with E-state index in [2.05, 4.69) is 37.3 Å². The SMILES string of the molecule is Cn1ccnc1CNC[C@H](c1cccs1)N1CCOCC1. The maximum atomic E-state index is 5.47. The molecular weight excluding hydrogens is 284 g/mol. The van der Waals surface area contributed by atoms with Crippen LogP contribution in [0.15, 0.2) is 29.9 Å². The van der Waals surface area contributed by atoms with Crippen LogP contribution in [-0.2, 0) is 18.3 Å². The first kappa shape index (κ1) is 14.7. The fourth-order valence-corrected chi connectivity index (χ4v) is 3.53. The van der Waals surface area contributed by atoms with Crippen LogP contribution in [-0.4, -0.2) is 47.3 Å². The summed E-state index contributed by atoms with van der Waals surface area (Å²) in [4.78, 5) is 8.29. The summed E-state index contributed by atoms with van der Waals surface area (Å²) in [6.07, 6.45) is 3.82. The van der Waals surface area contributed by atoms with Crippen LogP contribution >= 0.6 is 11.3 Å². The Kier molecular flexibility index (Phi) is 5.03. The summed E-state index contributed by atoms with van der Waals surface area (Å²) in [5.41, 5.74) is 0. The van der Waals surface area contributed by atoms with E-state index in [1.54, 1.807) is 0 Å². The zero-order chi connectivity index (χ0) is 14.5. The number of nitrogens with zero attached hydrogens (tertiary/aromatic N) is 3. The number of thiophene rings is 1. The van der Waals surface area contributed by atoms with Crippen LogP contribution in [0.5, 0.6) is 0 Å². The van der Waals surface area contributed by atoms with Gasteiger partial charge in [0.2, 0.25) is 0 Å². The minimum Gasteiger partial charge on any atom is -0.379 e. The lowest BCUT2D eigenvalue weighted by molar-refractivity contribution is 0.0168. The highest BCUT2D eigenvalue weighted by Gasteiger charge is 2.23. The monoisotopic (exact) mass is 306 g/mol. The molecule has 0 unspecified atom stereocenters. The van der Waals surface area contributed by atoms with Gasteiger partial charge in [-0.2, -0.15) is 0 Å². The average Bonchev–Trinajstić information content (AvgIpc) is 3.17. The van der Waals surface area contributed by atoms with Crippen LogP contribution in [0, 0.1) is 0 Å². The van der Waals surface area contributed by atoms with Crippen molar-refractivity contribution in [2.24, 2.45) is 7.05 Å². The first-order valence-electron chi connectivity index (χ1n) is 7.36. The molecule has 1 saturated heterocycles. The van der Waals surface area contributed by atoms with Gasteiger partial charge in [-0.25, -0.2) is 4.98 Å². The Bertz CT molecular complexity index is 534. The third-order valence-corrected chi connectivity index (χ3v) is 4.87. The van der Waals surface area contributed by atoms with Crippen molar-refractivity contribution in [3.05, 3.63) is 40.6 Å². The Labute approximate surface area is 129 Å². The normalized spacial score (nSPS) is 18.0. The van der Waals surface area contributed by atoms with E-state index in [1.807, 2.05) is 30.8 Å². The van der Waals surface area contributed by atoms with E-state index in [1.165, 1.54) is 4.88 Å². The number of hydrogen-bond donors (Lipinski definition) is 1. The Hall–Kier alpha value is -1.21. The van der Waals surface area contributed by atoms with Crippen molar-refractivity contribution >= 4 is 11.3 Å². The van der Waals surface area contributed by atoms with Crippen LogP contribution in [0.25, 0.3) is 0 Å². The number of aromatic nitrogens is 2. The highest BCUT2D eigenvalue weighted by atomic mass is 32.1. The quantitative estimate of drug-likeness (QED) is 0.881. The molecule has 114 valence electrons. The molecule has 3 heterocycles. The molecule has 5 nitrogen and oxygen atoms in total. The summed E-state index contributed by atoms with van der Waals surface area (Å²) in [7, 11) is 2.03. The zero-order valence-electron chi connectivity index (χ0n) is 12.4. The third kappa shape index (κ3) is 3.71. The molecule has 6 heteroatoms. The number of ether oxygens (including phenoxy) is 1. The molecule has 1 N–H and O–H groups in total. The Morgan fingerprint density at radius 3 is 2.95 bits per heavy atom. The van der Waals surface area contributed by atoms with Crippen molar-refractivity contribution < 1.29 is 4.74 Å². The molecule has 1 fully saturated rings. The minimum atomic E-state index is 0.425. The van der Waals surface area contributed by atoms with Gasteiger partial charge in [0.1, 0.15) is 5.82 Å². The van der Waals surface area contributed by atoms with Crippen LogP contribution in [0.3, 0.4) is 0 Å². The van der Waals surface area contributed by atoms with E-state index in [-0.39, 0.29) is 0 Å². The Morgan fingerprint density at radius 1 is 1.43 bits per heavy atom. The summed E-state index contributed by atoms with van der Waals surface area (Å²) < 4.78 is 7.53. The number of aryl methyl sites for hydroxylation is 1. The minimum absolute atomic E-state index is 0.425. The summed E-state index contributed by atoms with van der Waals surface area (Å²) in [5, 5.41) is 5.71. The predicted molar refractivity (Wildman–Crippen MR) is 84.4 cm³/mol. The van der Waals surface area contributed by atoms with Crippen LogP contribution in [0.2, 0.25) is 0 Å². The average molecular weight is 306 g/mol. The predicted octanol–water partition coefficient (Wildman–Crippen LogP) is 1.64. The lowest BCUT2D eigenvalue weighted by atomic mass is 10.2. The van der Waals surface area contributed by atoms with Gasteiger partial charge in [-0.05, 0) is 11.4 Å². The molecule has 0 bridgehead atoms. The van der Waals surface area contributed by atoms with Gasteiger partial charge in [-0.3, -0.25) is 4.90 Å². The molecule has 2 aromatic rings. The summed E-state index contributed by atoms with van der Waals surface area (Å²) in [6.45, 7) is 5.42. The van der Waals surface area contributed by atoms with Crippen molar-refractivity contribution in [1.29, 1.82) is 0 Å². The van der Waals surface area contributed by atoms with Crippen LogP contribution in [0.4, 0.5) is 0 Å². The van der Waals surface area contributed by atoms with Crippen molar-refractivity contribution in [1.82, 2.24) is 19.8 Å². The topological polar surface area (TPSA) is 42.3 Å². The van der Waals surface area contributed by atoms with Gasteiger partial charge in [0.25, 0.3) is 0 Å². The standard InChI is InChI=1S/C15H22N4OS/c1-18-5-4-17-15(18)12-16-11-13(14-3-2-10-21-14)19-6-8-20-9-7-19/h2-5,10,13,16H,6-9,11-12H2,1H3/t13-/m1/s1. The van der Waals surface area contributed by atoms with Gasteiger partial charge in [-0.15, -0.1) is 11.3 Å². The second-order valence-electron chi connectivity index (χ2n) is 5.26. The first-order valence-corrected chi connectivity index (χ1v) is 8.24. The second-order valence-corrected chi connectivity index (χ2v) is 6.24. The number of hydrogen-bond acceptors (Lipinski definition) is 5. The van der Waals surface area contributed by atoms with Gasteiger partial charge >= 0.3 is 0 Å². The van der Waals surface area contributed by atoms with Gasteiger partial charge in [0, 0.05) is 44.0 Å². The molecule has 1 aliphatic heterocycles. The van der Waals surface area contributed by atoms with E-state index in [4.69, 9.17) is 4.74 Å². The molecule has 0 aliphatic carbocycles. The Morgan fingerprint density at radius 2 is 2.29 bits per heavy atom. The number of nitrogens with one attached hydrogen (secondary N) is 1. The number of morpholine rings is 1. The third-order valence-electron chi connectivity index (χ3n) is 3.90. The second kappa shape index (κ2) is 7.17. The molecule has 0 amide bonds. The lowest BCUT2D eigenvalue weighted by Gasteiger charge is -2.34. The maximum Gasteiger partial charge on any atom is 0.122 e. The van der Waals surface area contributed by atoms with E-state index >= 15 is 0 Å². The van der Waals surface area contributed by atoms with Gasteiger partial charge < -0.3 is 14.6 Å². The largest absolute Gasteiger partial charge is 0.379 e. The van der Waals surface area contributed by atoms with E-state index in [0.29, 0.717) is 6.04 Å². The lowest BCUT2D eigenvalue weighted by Crippen LogP contribution is -2.42. The first-order chi connectivity index (χ1) is 10.3. The Balaban J connectivity index is 1.61.